The molecule has 1 aromatic carbocycles. The lowest BCUT2D eigenvalue weighted by Crippen LogP contribution is -2.58. The number of hydrogen-bond acceptors (Lipinski definition) is 7. The Hall–Kier alpha value is -3.88. The summed E-state index contributed by atoms with van der Waals surface area (Å²) in [5.74, 6) is -1.89. The van der Waals surface area contributed by atoms with Crippen molar-refractivity contribution in [2.24, 2.45) is 11.8 Å². The largest absolute Gasteiger partial charge is 0.490 e. The molecule has 2 atom stereocenters. The minimum absolute atomic E-state index is 0.0193. The van der Waals surface area contributed by atoms with Crippen molar-refractivity contribution in [2.75, 3.05) is 37.6 Å². The van der Waals surface area contributed by atoms with Crippen molar-refractivity contribution >= 4 is 34.2 Å². The number of halogens is 3. The highest BCUT2D eigenvalue weighted by molar-refractivity contribution is 6.03. The highest BCUT2D eigenvalue weighted by Gasteiger charge is 2.43. The Morgan fingerprint density at radius 1 is 1.21 bits per heavy atom. The van der Waals surface area contributed by atoms with E-state index in [0.29, 0.717) is 30.0 Å². The van der Waals surface area contributed by atoms with Gasteiger partial charge in [-0.15, -0.1) is 0 Å². The molecule has 38 heavy (non-hydrogen) atoms. The molecule has 200 valence electrons. The van der Waals surface area contributed by atoms with Crippen LogP contribution in [0.25, 0.3) is 10.9 Å². The average Bonchev–Trinajstić information content (AvgIpc) is 3.70. The summed E-state index contributed by atoms with van der Waals surface area (Å²) < 4.78 is 44.7. The lowest BCUT2D eigenvalue weighted by Gasteiger charge is -2.42. The number of benzene rings is 1. The molecule has 1 aliphatic carbocycles. The van der Waals surface area contributed by atoms with E-state index in [0.717, 1.165) is 35.2 Å². The zero-order chi connectivity index (χ0) is 27.2. The van der Waals surface area contributed by atoms with Crippen molar-refractivity contribution in [3.8, 4) is 11.8 Å². The normalized spacial score (nSPS) is 22.4. The molecule has 0 spiro atoms. The zero-order valence-corrected chi connectivity index (χ0v) is 20.9. The van der Waals surface area contributed by atoms with Gasteiger partial charge in [0.05, 0.1) is 29.4 Å². The van der Waals surface area contributed by atoms with Gasteiger partial charge in [0.15, 0.2) is 0 Å². The number of ether oxygens (including phenoxy) is 1. The average molecular weight is 528 g/mol. The smallest absolute Gasteiger partial charge is 0.449 e. The van der Waals surface area contributed by atoms with E-state index in [1.54, 1.807) is 6.20 Å². The number of hydrogen-bond donors (Lipinski definition) is 2. The van der Waals surface area contributed by atoms with Gasteiger partial charge in [0.2, 0.25) is 11.7 Å². The maximum Gasteiger partial charge on any atom is 0.449 e. The molecule has 1 saturated carbocycles. The number of fused-ring (bicyclic) bond motifs is 1. The van der Waals surface area contributed by atoms with Gasteiger partial charge in [-0.3, -0.25) is 20.6 Å². The number of amides is 1. The highest BCUT2D eigenvalue weighted by atomic mass is 19.4. The topological polar surface area (TPSA) is 120 Å². The van der Waals surface area contributed by atoms with E-state index in [9.17, 15) is 23.2 Å². The number of pyridine rings is 1. The molecule has 5 rings (SSSR count). The van der Waals surface area contributed by atoms with Gasteiger partial charge in [-0.1, -0.05) is 6.92 Å². The van der Waals surface area contributed by atoms with Crippen LogP contribution < -0.4 is 9.64 Å². The Morgan fingerprint density at radius 3 is 2.61 bits per heavy atom. The molecule has 3 aliphatic rings. The molecule has 0 bridgehead atoms. The van der Waals surface area contributed by atoms with E-state index >= 15 is 0 Å². The predicted octanol–water partition coefficient (Wildman–Crippen LogP) is 3.77. The molecule has 2 aromatic rings. The van der Waals surface area contributed by atoms with Gasteiger partial charge in [0.25, 0.3) is 0 Å². The molecular formula is C26H28F3N7O2. The summed E-state index contributed by atoms with van der Waals surface area (Å²) in [6.07, 6.45) is -0.433. The van der Waals surface area contributed by atoms with Crippen molar-refractivity contribution < 1.29 is 22.7 Å². The number of nitrogens with one attached hydrogen (secondary N) is 2. The summed E-state index contributed by atoms with van der Waals surface area (Å²) in [6, 6.07) is 7.92. The quantitative estimate of drug-likeness (QED) is 0.461. The number of nitrogens with zero attached hydrogens (tertiary/aromatic N) is 5. The van der Waals surface area contributed by atoms with Gasteiger partial charge in [-0.2, -0.15) is 18.4 Å². The van der Waals surface area contributed by atoms with Crippen LogP contribution in [0.1, 0.15) is 31.7 Å². The Morgan fingerprint density at radius 2 is 1.97 bits per heavy atom. The van der Waals surface area contributed by atoms with Crippen molar-refractivity contribution in [3.05, 3.63) is 30.0 Å². The van der Waals surface area contributed by atoms with Gasteiger partial charge in [0.1, 0.15) is 17.7 Å². The molecule has 1 amide bonds. The van der Waals surface area contributed by atoms with Crippen molar-refractivity contribution in [3.63, 3.8) is 0 Å². The molecule has 2 N–H and O–H groups in total. The number of piperidine rings is 1. The van der Waals surface area contributed by atoms with Crippen molar-refractivity contribution in [1.82, 2.24) is 14.8 Å². The van der Waals surface area contributed by atoms with E-state index in [-0.39, 0.29) is 43.5 Å². The van der Waals surface area contributed by atoms with Crippen molar-refractivity contribution in [1.29, 1.82) is 16.1 Å². The van der Waals surface area contributed by atoms with E-state index in [1.807, 2.05) is 25.1 Å². The van der Waals surface area contributed by atoms with Crippen LogP contribution in [0.2, 0.25) is 0 Å². The van der Waals surface area contributed by atoms with Crippen LogP contribution in [0, 0.1) is 34.0 Å². The number of amidine groups is 2. The number of piperazine rings is 1. The number of alkyl halides is 3. The molecule has 1 aromatic heterocycles. The molecule has 3 fully saturated rings. The van der Waals surface area contributed by atoms with Crippen LogP contribution in [0.15, 0.2) is 24.4 Å². The fraction of sp³-hybridized carbons (Fsp3) is 0.500. The fourth-order valence-electron chi connectivity index (χ4n) is 5.27. The SMILES string of the molecule is CC1CN(c2c(C#N)cnc3cc(OC4CC4)ccc23)CCC1C(=O)N1CCN(C(=N)C(F)(F)F)C(=N)C1. The number of aromatic nitrogens is 1. The first-order valence-corrected chi connectivity index (χ1v) is 12.6. The van der Waals surface area contributed by atoms with Gasteiger partial charge in [0, 0.05) is 49.7 Å². The van der Waals surface area contributed by atoms with E-state index < -0.39 is 17.8 Å². The van der Waals surface area contributed by atoms with Crippen LogP contribution in [-0.2, 0) is 4.79 Å². The van der Waals surface area contributed by atoms with Crippen LogP contribution in [0.3, 0.4) is 0 Å². The third kappa shape index (κ3) is 4.97. The number of carbonyl (C=O) groups is 1. The number of rotatable bonds is 4. The van der Waals surface area contributed by atoms with Crippen molar-refractivity contribution in [2.45, 2.75) is 38.5 Å². The van der Waals surface area contributed by atoms with Crippen LogP contribution >= 0.6 is 0 Å². The standard InChI is InChI=1S/C26H28F3N7O2/c1-15-13-34(23-16(11-30)12-33-21-10-18(4-5-20(21)23)38-17-2-3-17)7-6-19(15)24(37)35-8-9-36(22(31)14-35)25(32)26(27,28)29/h4-5,10,12,15,17,19,31-32H,2-3,6-9,13-14H2,1H3. The summed E-state index contributed by atoms with van der Waals surface area (Å²) >= 11 is 0. The van der Waals surface area contributed by atoms with Crippen LogP contribution in [-0.4, -0.2) is 77.4 Å². The lowest BCUT2D eigenvalue weighted by atomic mass is 9.85. The number of nitriles is 1. The summed E-state index contributed by atoms with van der Waals surface area (Å²) in [4.78, 5) is 21.9. The Balaban J connectivity index is 1.29. The Bertz CT molecular complexity index is 1330. The third-order valence-electron chi connectivity index (χ3n) is 7.41. The maximum absolute atomic E-state index is 13.3. The van der Waals surface area contributed by atoms with Gasteiger partial charge < -0.3 is 19.4 Å². The molecule has 0 radical (unpaired) electrons. The second-order valence-corrected chi connectivity index (χ2v) is 10.2. The van der Waals surface area contributed by atoms with E-state index in [1.165, 1.54) is 4.90 Å². The van der Waals surface area contributed by atoms with Crippen LogP contribution in [0.4, 0.5) is 18.9 Å². The van der Waals surface area contributed by atoms with Gasteiger partial charge in [-0.25, -0.2) is 0 Å². The summed E-state index contributed by atoms with van der Waals surface area (Å²) in [7, 11) is 0. The van der Waals surface area contributed by atoms with Gasteiger partial charge >= 0.3 is 6.18 Å². The summed E-state index contributed by atoms with van der Waals surface area (Å²) in [5.41, 5.74) is 1.94. The number of anilines is 1. The zero-order valence-electron chi connectivity index (χ0n) is 20.9. The lowest BCUT2D eigenvalue weighted by molar-refractivity contribution is -0.137. The maximum atomic E-state index is 13.3. The van der Waals surface area contributed by atoms with E-state index in [4.69, 9.17) is 15.6 Å². The molecule has 2 saturated heterocycles. The van der Waals surface area contributed by atoms with Crippen LogP contribution in [0.5, 0.6) is 5.75 Å². The molecule has 2 aliphatic heterocycles. The molecule has 3 heterocycles. The summed E-state index contributed by atoms with van der Waals surface area (Å²) in [6.45, 7) is 2.50. The predicted molar refractivity (Wildman–Crippen MR) is 134 cm³/mol. The van der Waals surface area contributed by atoms with Gasteiger partial charge in [-0.05, 0) is 37.3 Å². The first-order valence-electron chi connectivity index (χ1n) is 12.6. The molecule has 9 nitrogen and oxygen atoms in total. The minimum atomic E-state index is -4.84. The Kier molecular flexibility index (Phi) is 6.63. The second-order valence-electron chi connectivity index (χ2n) is 10.2. The second kappa shape index (κ2) is 9.78. The first-order chi connectivity index (χ1) is 18.1. The molecular weight excluding hydrogens is 499 g/mol. The third-order valence-corrected chi connectivity index (χ3v) is 7.41. The fourth-order valence-corrected chi connectivity index (χ4v) is 5.27. The molecule has 2 unspecified atom stereocenters. The summed E-state index contributed by atoms with van der Waals surface area (Å²) in [5, 5.41) is 25.9. The highest BCUT2D eigenvalue weighted by Crippen LogP contribution is 2.37. The first kappa shape index (κ1) is 25.8. The number of carbonyl (C=O) groups excluding carboxylic acids is 1. The monoisotopic (exact) mass is 527 g/mol. The molecule has 12 heteroatoms. The Labute approximate surface area is 217 Å². The minimum Gasteiger partial charge on any atom is -0.490 e. The van der Waals surface area contributed by atoms with E-state index in [2.05, 4.69) is 16.0 Å².